The lowest BCUT2D eigenvalue weighted by Crippen LogP contribution is -2.22. The van der Waals surface area contributed by atoms with Crippen LogP contribution in [-0.2, 0) is 16.6 Å². The normalized spacial score (nSPS) is 11.6. The summed E-state index contributed by atoms with van der Waals surface area (Å²) < 4.78 is 27.2. The molecule has 2 rings (SSSR count). The van der Waals surface area contributed by atoms with Crippen LogP contribution in [0.4, 0.5) is 0 Å². The van der Waals surface area contributed by atoms with Crippen LogP contribution in [0.25, 0.3) is 0 Å². The van der Waals surface area contributed by atoms with E-state index in [-0.39, 0.29) is 16.3 Å². The molecule has 2 N–H and O–H groups in total. The molecule has 19 heavy (non-hydrogen) atoms. The molecule has 0 aliphatic rings. The lowest BCUT2D eigenvalue weighted by Gasteiger charge is -2.03. The van der Waals surface area contributed by atoms with E-state index in [1.807, 2.05) is 11.4 Å². The van der Waals surface area contributed by atoms with E-state index in [0.717, 1.165) is 26.8 Å². The molecule has 0 fully saturated rings. The molecule has 0 amide bonds. The number of sulfonamides is 1. The summed E-state index contributed by atoms with van der Waals surface area (Å²) >= 11 is 5.63. The van der Waals surface area contributed by atoms with Crippen LogP contribution in [0.2, 0.25) is 0 Å². The summed E-state index contributed by atoms with van der Waals surface area (Å²) in [5, 5.41) is 11.9. The van der Waals surface area contributed by atoms with E-state index in [4.69, 9.17) is 5.11 Å². The van der Waals surface area contributed by atoms with E-state index in [9.17, 15) is 13.2 Å². The van der Waals surface area contributed by atoms with Crippen molar-refractivity contribution in [3.05, 3.63) is 37.1 Å². The highest BCUT2D eigenvalue weighted by Gasteiger charge is 2.18. The molecular formula is C10H8BrNO4S3. The van der Waals surface area contributed by atoms with Gasteiger partial charge in [-0.15, -0.1) is 22.7 Å². The van der Waals surface area contributed by atoms with Gasteiger partial charge in [0, 0.05) is 21.3 Å². The maximum Gasteiger partial charge on any atom is 0.345 e. The Bertz CT molecular complexity index is 704. The average Bonchev–Trinajstić information content (AvgIpc) is 2.95. The molecule has 0 radical (unpaired) electrons. The number of thiophene rings is 2. The van der Waals surface area contributed by atoms with Crippen LogP contribution in [0.5, 0.6) is 0 Å². The van der Waals surface area contributed by atoms with Crippen molar-refractivity contribution in [3.63, 3.8) is 0 Å². The first-order chi connectivity index (χ1) is 8.90. The number of carbonyl (C=O) groups is 1. The molecule has 9 heteroatoms. The van der Waals surface area contributed by atoms with E-state index in [1.165, 1.54) is 16.7 Å². The third kappa shape index (κ3) is 3.42. The smallest absolute Gasteiger partial charge is 0.345 e. The Kier molecular flexibility index (Phi) is 4.41. The number of aromatic carboxylic acids is 1. The number of carboxylic acid groups (broad SMARTS) is 1. The highest BCUT2D eigenvalue weighted by Crippen LogP contribution is 2.24. The molecule has 102 valence electrons. The van der Waals surface area contributed by atoms with Crippen LogP contribution in [0.3, 0.4) is 0 Å². The quantitative estimate of drug-likeness (QED) is 0.833. The maximum atomic E-state index is 12.0. The minimum absolute atomic E-state index is 0.00215. The van der Waals surface area contributed by atoms with Crippen molar-refractivity contribution in [2.75, 3.05) is 0 Å². The van der Waals surface area contributed by atoms with Crippen molar-refractivity contribution in [1.29, 1.82) is 0 Å². The first-order valence-electron chi connectivity index (χ1n) is 4.93. The molecule has 2 aromatic heterocycles. The molecule has 0 aliphatic heterocycles. The Hall–Kier alpha value is -0.740. The van der Waals surface area contributed by atoms with Gasteiger partial charge >= 0.3 is 5.97 Å². The molecule has 0 unspecified atom stereocenters. The van der Waals surface area contributed by atoms with Crippen molar-refractivity contribution in [1.82, 2.24) is 4.72 Å². The Morgan fingerprint density at radius 2 is 2.16 bits per heavy atom. The van der Waals surface area contributed by atoms with Gasteiger partial charge in [-0.3, -0.25) is 0 Å². The molecule has 0 saturated heterocycles. The van der Waals surface area contributed by atoms with Crippen molar-refractivity contribution >= 4 is 54.6 Å². The van der Waals surface area contributed by atoms with E-state index < -0.39 is 16.0 Å². The summed E-state index contributed by atoms with van der Waals surface area (Å²) in [5.41, 5.74) is 0. The second kappa shape index (κ2) is 5.71. The van der Waals surface area contributed by atoms with Gasteiger partial charge in [0.05, 0.1) is 4.90 Å². The van der Waals surface area contributed by atoms with Crippen LogP contribution in [0.1, 0.15) is 14.5 Å². The Balaban J connectivity index is 2.14. The zero-order chi connectivity index (χ0) is 14.0. The predicted octanol–water partition coefficient (Wildman–Crippen LogP) is 2.75. The summed E-state index contributed by atoms with van der Waals surface area (Å²) in [4.78, 5) is 11.6. The standard InChI is InChI=1S/C10H8BrNO4S3/c11-7-1-2-17-9(7)4-12-19(15,16)6-3-8(10(13)14)18-5-6/h1-3,5,12H,4H2,(H,13,14). The minimum atomic E-state index is -3.68. The van der Waals surface area contributed by atoms with Gasteiger partial charge in [-0.1, -0.05) is 0 Å². The largest absolute Gasteiger partial charge is 0.477 e. The van der Waals surface area contributed by atoms with Gasteiger partial charge in [0.2, 0.25) is 10.0 Å². The molecule has 0 bridgehead atoms. The Labute approximate surface area is 126 Å². The summed E-state index contributed by atoms with van der Waals surface area (Å²) in [5.74, 6) is -1.13. The summed E-state index contributed by atoms with van der Waals surface area (Å²) in [6, 6.07) is 2.99. The summed E-state index contributed by atoms with van der Waals surface area (Å²) in [6.45, 7) is 0.166. The van der Waals surface area contributed by atoms with Crippen molar-refractivity contribution in [3.8, 4) is 0 Å². The number of rotatable bonds is 5. The van der Waals surface area contributed by atoms with Crippen LogP contribution in [0.15, 0.2) is 32.3 Å². The molecule has 5 nitrogen and oxygen atoms in total. The SMILES string of the molecule is O=C(O)c1cc(S(=O)(=O)NCc2sccc2Br)cs1. The molecule has 0 atom stereocenters. The topological polar surface area (TPSA) is 83.5 Å². The fraction of sp³-hybridized carbons (Fsp3) is 0.100. The predicted molar refractivity (Wildman–Crippen MR) is 77.3 cm³/mol. The molecule has 0 saturated carbocycles. The van der Waals surface area contributed by atoms with E-state index in [2.05, 4.69) is 20.7 Å². The Morgan fingerprint density at radius 3 is 2.68 bits per heavy atom. The Morgan fingerprint density at radius 1 is 1.42 bits per heavy atom. The lowest BCUT2D eigenvalue weighted by atomic mass is 10.5. The monoisotopic (exact) mass is 381 g/mol. The third-order valence-corrected chi connectivity index (χ3v) is 6.58. The lowest BCUT2D eigenvalue weighted by molar-refractivity contribution is 0.0702. The fourth-order valence-electron chi connectivity index (χ4n) is 1.27. The highest BCUT2D eigenvalue weighted by atomic mass is 79.9. The minimum Gasteiger partial charge on any atom is -0.477 e. The van der Waals surface area contributed by atoms with Gasteiger partial charge in [0.25, 0.3) is 0 Å². The number of carboxylic acids is 1. The van der Waals surface area contributed by atoms with Crippen LogP contribution < -0.4 is 4.72 Å². The van der Waals surface area contributed by atoms with E-state index in [1.54, 1.807) is 0 Å². The number of nitrogens with one attached hydrogen (secondary N) is 1. The highest BCUT2D eigenvalue weighted by molar-refractivity contribution is 9.10. The van der Waals surface area contributed by atoms with Crippen LogP contribution >= 0.6 is 38.6 Å². The molecule has 0 spiro atoms. The first kappa shape index (κ1) is 14.7. The zero-order valence-electron chi connectivity index (χ0n) is 9.29. The second-order valence-corrected chi connectivity index (χ2v) is 8.00. The van der Waals surface area contributed by atoms with Crippen LogP contribution in [-0.4, -0.2) is 19.5 Å². The van der Waals surface area contributed by atoms with Crippen LogP contribution in [0, 0.1) is 0 Å². The molecule has 2 heterocycles. The van der Waals surface area contributed by atoms with Gasteiger partial charge < -0.3 is 5.11 Å². The third-order valence-electron chi connectivity index (χ3n) is 2.21. The molecule has 2 aromatic rings. The van der Waals surface area contributed by atoms with Gasteiger partial charge in [-0.25, -0.2) is 17.9 Å². The van der Waals surface area contributed by atoms with Gasteiger partial charge in [0.1, 0.15) is 4.88 Å². The molecule has 0 aromatic carbocycles. The van der Waals surface area contributed by atoms with Gasteiger partial charge in [-0.2, -0.15) is 0 Å². The summed E-state index contributed by atoms with van der Waals surface area (Å²) in [6.07, 6.45) is 0. The van der Waals surface area contributed by atoms with Crippen molar-refractivity contribution in [2.45, 2.75) is 11.4 Å². The number of halogens is 1. The molecular weight excluding hydrogens is 374 g/mol. The van der Waals surface area contributed by atoms with Gasteiger partial charge in [-0.05, 0) is 33.4 Å². The van der Waals surface area contributed by atoms with E-state index >= 15 is 0 Å². The average molecular weight is 382 g/mol. The van der Waals surface area contributed by atoms with Crippen molar-refractivity contribution in [2.24, 2.45) is 0 Å². The molecule has 0 aliphatic carbocycles. The van der Waals surface area contributed by atoms with Gasteiger partial charge in [0.15, 0.2) is 0 Å². The second-order valence-electron chi connectivity index (χ2n) is 3.47. The van der Waals surface area contributed by atoms with Crippen molar-refractivity contribution < 1.29 is 18.3 Å². The fourth-order valence-corrected chi connectivity index (χ4v) is 4.90. The van der Waals surface area contributed by atoms with E-state index in [0.29, 0.717) is 0 Å². The summed E-state index contributed by atoms with van der Waals surface area (Å²) in [7, 11) is -3.68. The number of hydrogen-bond donors (Lipinski definition) is 2. The first-order valence-corrected chi connectivity index (χ1v) is 8.97. The maximum absolute atomic E-state index is 12.0. The zero-order valence-corrected chi connectivity index (χ0v) is 13.3. The number of hydrogen-bond acceptors (Lipinski definition) is 5.